The van der Waals surface area contributed by atoms with E-state index in [1.54, 1.807) is 6.26 Å². The van der Waals surface area contributed by atoms with Gasteiger partial charge in [0.1, 0.15) is 11.8 Å². The number of hydrogen-bond donors (Lipinski definition) is 0. The topological polar surface area (TPSA) is 42.7 Å². The van der Waals surface area contributed by atoms with E-state index in [-0.39, 0.29) is 12.0 Å². The third kappa shape index (κ3) is 3.83. The van der Waals surface area contributed by atoms with Gasteiger partial charge in [-0.25, -0.2) is 0 Å². The Bertz CT molecular complexity index is 384. The van der Waals surface area contributed by atoms with Crippen molar-refractivity contribution in [2.24, 2.45) is 0 Å². The van der Waals surface area contributed by atoms with E-state index in [0.717, 1.165) is 18.6 Å². The number of carbonyl (C=O) groups is 1. The smallest absolute Gasteiger partial charge is 0.323 e. The number of nitrogens with zero attached hydrogens (tertiary/aromatic N) is 1. The Balaban J connectivity index is 2.07. The average molecular weight is 265 g/mol. The van der Waals surface area contributed by atoms with E-state index in [1.807, 2.05) is 19.1 Å². The zero-order valence-corrected chi connectivity index (χ0v) is 11.8. The highest BCUT2D eigenvalue weighted by Crippen LogP contribution is 2.32. The van der Waals surface area contributed by atoms with Gasteiger partial charge in [-0.15, -0.1) is 0 Å². The second-order valence-corrected chi connectivity index (χ2v) is 5.04. The van der Waals surface area contributed by atoms with Crippen LogP contribution < -0.4 is 0 Å². The molecule has 1 fully saturated rings. The Morgan fingerprint density at radius 3 is 2.84 bits per heavy atom. The second kappa shape index (κ2) is 6.75. The molecular formula is C15H23NO3. The van der Waals surface area contributed by atoms with E-state index in [1.165, 1.54) is 12.8 Å². The van der Waals surface area contributed by atoms with Gasteiger partial charge in [-0.3, -0.25) is 9.69 Å². The van der Waals surface area contributed by atoms with Crippen LogP contribution in [0.2, 0.25) is 0 Å². The number of rotatable bonds is 8. The number of esters is 1. The van der Waals surface area contributed by atoms with Gasteiger partial charge in [0.2, 0.25) is 0 Å². The third-order valence-corrected chi connectivity index (χ3v) is 3.46. The Morgan fingerprint density at radius 2 is 2.32 bits per heavy atom. The third-order valence-electron chi connectivity index (χ3n) is 3.46. The van der Waals surface area contributed by atoms with E-state index >= 15 is 0 Å². The molecule has 106 valence electrons. The van der Waals surface area contributed by atoms with Gasteiger partial charge < -0.3 is 9.15 Å². The van der Waals surface area contributed by atoms with Crippen molar-refractivity contribution in [3.63, 3.8) is 0 Å². The van der Waals surface area contributed by atoms with Gasteiger partial charge in [0.05, 0.1) is 19.4 Å². The quantitative estimate of drug-likeness (QED) is 0.678. The fraction of sp³-hybridized carbons (Fsp3) is 0.667. The summed E-state index contributed by atoms with van der Waals surface area (Å²) in [6.07, 6.45) is 5.83. The maximum Gasteiger partial charge on any atom is 0.323 e. The fourth-order valence-corrected chi connectivity index (χ4v) is 2.41. The molecule has 0 bridgehead atoms. The van der Waals surface area contributed by atoms with Gasteiger partial charge >= 0.3 is 5.97 Å². The van der Waals surface area contributed by atoms with Crippen LogP contribution in [-0.2, 0) is 16.1 Å². The summed E-state index contributed by atoms with van der Waals surface area (Å²) in [5.74, 6) is 0.820. The van der Waals surface area contributed by atoms with Crippen molar-refractivity contribution in [1.29, 1.82) is 0 Å². The molecule has 1 aliphatic rings. The zero-order chi connectivity index (χ0) is 13.7. The number of carbonyl (C=O) groups excluding carboxylic acids is 1. The largest absolute Gasteiger partial charge is 0.468 e. The molecule has 1 unspecified atom stereocenters. The summed E-state index contributed by atoms with van der Waals surface area (Å²) in [4.78, 5) is 14.4. The fourth-order valence-electron chi connectivity index (χ4n) is 2.41. The minimum absolute atomic E-state index is 0.0946. The van der Waals surface area contributed by atoms with Crippen molar-refractivity contribution < 1.29 is 13.9 Å². The van der Waals surface area contributed by atoms with Gasteiger partial charge in [0.15, 0.2) is 0 Å². The highest BCUT2D eigenvalue weighted by atomic mass is 16.5. The van der Waals surface area contributed by atoms with Crippen LogP contribution in [0.4, 0.5) is 0 Å². The Kier molecular flexibility index (Phi) is 5.02. The Morgan fingerprint density at radius 1 is 1.53 bits per heavy atom. The SMILES string of the molecule is CCCC(C(=O)OCC)N(Cc1ccco1)C1CC1. The van der Waals surface area contributed by atoms with Gasteiger partial charge in [-0.2, -0.15) is 0 Å². The van der Waals surface area contributed by atoms with Crippen LogP contribution in [0, 0.1) is 0 Å². The van der Waals surface area contributed by atoms with Gasteiger partial charge in [0.25, 0.3) is 0 Å². The lowest BCUT2D eigenvalue weighted by Gasteiger charge is -2.29. The molecule has 0 aliphatic heterocycles. The van der Waals surface area contributed by atoms with Crippen LogP contribution in [0.1, 0.15) is 45.3 Å². The van der Waals surface area contributed by atoms with Crippen LogP contribution in [-0.4, -0.2) is 29.6 Å². The van der Waals surface area contributed by atoms with Crippen molar-refractivity contribution in [2.75, 3.05) is 6.61 Å². The highest BCUT2D eigenvalue weighted by Gasteiger charge is 2.37. The first-order valence-corrected chi connectivity index (χ1v) is 7.21. The molecule has 0 saturated heterocycles. The molecule has 2 rings (SSSR count). The maximum atomic E-state index is 12.1. The normalized spacial score (nSPS) is 16.6. The summed E-state index contributed by atoms with van der Waals surface area (Å²) < 4.78 is 10.6. The second-order valence-electron chi connectivity index (χ2n) is 5.04. The summed E-state index contributed by atoms with van der Waals surface area (Å²) in [7, 11) is 0. The molecule has 1 aromatic heterocycles. The van der Waals surface area contributed by atoms with Crippen molar-refractivity contribution in [3.8, 4) is 0 Å². The highest BCUT2D eigenvalue weighted by molar-refractivity contribution is 5.75. The first kappa shape index (κ1) is 14.1. The molecule has 0 radical (unpaired) electrons. The van der Waals surface area contributed by atoms with Crippen molar-refractivity contribution in [1.82, 2.24) is 4.90 Å². The molecule has 0 amide bonds. The van der Waals surface area contributed by atoms with Crippen LogP contribution in [0.25, 0.3) is 0 Å². The number of hydrogen-bond acceptors (Lipinski definition) is 4. The molecular weight excluding hydrogens is 242 g/mol. The molecule has 4 nitrogen and oxygen atoms in total. The van der Waals surface area contributed by atoms with Crippen LogP contribution in [0.5, 0.6) is 0 Å². The van der Waals surface area contributed by atoms with E-state index in [0.29, 0.717) is 19.2 Å². The van der Waals surface area contributed by atoms with Crippen LogP contribution in [0.15, 0.2) is 22.8 Å². The molecule has 1 saturated carbocycles. The van der Waals surface area contributed by atoms with Crippen LogP contribution in [0.3, 0.4) is 0 Å². The lowest BCUT2D eigenvalue weighted by atomic mass is 10.1. The van der Waals surface area contributed by atoms with Crippen LogP contribution >= 0.6 is 0 Å². The zero-order valence-electron chi connectivity index (χ0n) is 11.8. The Labute approximate surface area is 114 Å². The van der Waals surface area contributed by atoms with E-state index < -0.39 is 0 Å². The molecule has 0 N–H and O–H groups in total. The molecule has 0 spiro atoms. The summed E-state index contributed by atoms with van der Waals surface area (Å²) in [6, 6.07) is 4.22. The van der Waals surface area contributed by atoms with E-state index in [2.05, 4.69) is 11.8 Å². The van der Waals surface area contributed by atoms with Crippen molar-refractivity contribution >= 4 is 5.97 Å². The number of ether oxygens (including phenoxy) is 1. The molecule has 1 heterocycles. The average Bonchev–Trinajstić information content (AvgIpc) is 3.11. The van der Waals surface area contributed by atoms with Gasteiger partial charge in [-0.1, -0.05) is 13.3 Å². The van der Waals surface area contributed by atoms with Crippen molar-refractivity contribution in [3.05, 3.63) is 24.2 Å². The minimum atomic E-state index is -0.137. The monoisotopic (exact) mass is 265 g/mol. The van der Waals surface area contributed by atoms with E-state index in [4.69, 9.17) is 9.15 Å². The molecule has 0 aromatic carbocycles. The molecule has 1 aromatic rings. The summed E-state index contributed by atoms with van der Waals surface area (Å²) in [5.41, 5.74) is 0. The molecule has 4 heteroatoms. The first-order chi connectivity index (χ1) is 9.26. The molecule has 1 aliphatic carbocycles. The predicted molar refractivity (Wildman–Crippen MR) is 72.6 cm³/mol. The minimum Gasteiger partial charge on any atom is -0.468 e. The van der Waals surface area contributed by atoms with E-state index in [9.17, 15) is 4.79 Å². The van der Waals surface area contributed by atoms with Crippen molar-refractivity contribution in [2.45, 2.75) is 58.2 Å². The predicted octanol–water partition coefficient (Wildman–Crippen LogP) is 2.98. The lowest BCUT2D eigenvalue weighted by Crippen LogP contribution is -2.43. The lowest BCUT2D eigenvalue weighted by molar-refractivity contribution is -0.150. The standard InChI is InChI=1S/C15H23NO3/c1-3-6-14(15(17)18-4-2)16(12-8-9-12)11-13-7-5-10-19-13/h5,7,10,12,14H,3-4,6,8-9,11H2,1-2H3. The summed E-state index contributed by atoms with van der Waals surface area (Å²) in [5, 5.41) is 0. The summed E-state index contributed by atoms with van der Waals surface area (Å²) in [6.45, 7) is 5.10. The molecule has 19 heavy (non-hydrogen) atoms. The van der Waals surface area contributed by atoms with Gasteiger partial charge in [-0.05, 0) is 38.3 Å². The van der Waals surface area contributed by atoms with Gasteiger partial charge in [0, 0.05) is 6.04 Å². The Hall–Kier alpha value is -1.29. The number of furan rings is 1. The molecule has 1 atom stereocenters. The maximum absolute atomic E-state index is 12.1. The summed E-state index contributed by atoms with van der Waals surface area (Å²) >= 11 is 0. The first-order valence-electron chi connectivity index (χ1n) is 7.21.